The molecule has 3 rings (SSSR count). The molecule has 0 spiro atoms. The first-order valence-corrected chi connectivity index (χ1v) is 11.0. The largest absolute Gasteiger partial charge is 0.466 e. The van der Waals surface area contributed by atoms with Gasteiger partial charge in [-0.15, -0.1) is 0 Å². The standard InChI is InChI=1S/C18H13F2NO7S2/c19-18(20,30(25,26)27)17(22)28-15-10-3-4-11-16(15)29(23,24)21-14-9-5-7-12-6-1-2-8-13(12)14/h1-11,21H,(H,25,26,27). The van der Waals surface area contributed by atoms with Crippen LogP contribution in [-0.2, 0) is 24.9 Å². The number of ether oxygens (including phenoxy) is 1. The number of hydrogen-bond acceptors (Lipinski definition) is 6. The molecule has 2 N–H and O–H groups in total. The molecule has 12 heteroatoms. The molecule has 0 aliphatic rings. The maximum atomic E-state index is 13.5. The molecule has 3 aromatic rings. The molecule has 0 aliphatic heterocycles. The van der Waals surface area contributed by atoms with E-state index in [-0.39, 0.29) is 5.69 Å². The Morgan fingerprint density at radius 1 is 0.900 bits per heavy atom. The molecule has 0 aliphatic carbocycles. The van der Waals surface area contributed by atoms with E-state index in [0.29, 0.717) is 5.39 Å². The average molecular weight is 457 g/mol. The van der Waals surface area contributed by atoms with Crippen molar-refractivity contribution in [3.8, 4) is 5.75 Å². The summed E-state index contributed by atoms with van der Waals surface area (Å²) in [5, 5.41) is -4.01. The molecule has 0 unspecified atom stereocenters. The fourth-order valence-electron chi connectivity index (χ4n) is 2.54. The van der Waals surface area contributed by atoms with Crippen LogP contribution >= 0.6 is 0 Å². The summed E-state index contributed by atoms with van der Waals surface area (Å²) in [6, 6.07) is 16.0. The molecule has 0 saturated carbocycles. The molecule has 30 heavy (non-hydrogen) atoms. The molecule has 158 valence electrons. The van der Waals surface area contributed by atoms with Crippen molar-refractivity contribution in [2.24, 2.45) is 0 Å². The number of benzene rings is 3. The van der Waals surface area contributed by atoms with Crippen LogP contribution in [0.2, 0.25) is 0 Å². The molecular weight excluding hydrogens is 444 g/mol. The summed E-state index contributed by atoms with van der Waals surface area (Å²) < 4.78 is 89.1. The molecule has 0 saturated heterocycles. The van der Waals surface area contributed by atoms with Gasteiger partial charge in [-0.25, -0.2) is 13.2 Å². The predicted octanol–water partition coefficient (Wildman–Crippen LogP) is 3.03. The lowest BCUT2D eigenvalue weighted by Crippen LogP contribution is -2.40. The zero-order chi connectivity index (χ0) is 22.2. The summed E-state index contributed by atoms with van der Waals surface area (Å²) in [5.74, 6) is -3.50. The molecule has 0 heterocycles. The summed E-state index contributed by atoms with van der Waals surface area (Å²) in [5.41, 5.74) is 0.178. The monoisotopic (exact) mass is 457 g/mol. The number of nitrogens with one attached hydrogen (secondary N) is 1. The maximum absolute atomic E-state index is 13.5. The minimum atomic E-state index is -6.12. The van der Waals surface area contributed by atoms with Gasteiger partial charge in [-0.2, -0.15) is 17.2 Å². The van der Waals surface area contributed by atoms with Gasteiger partial charge in [0.2, 0.25) is 0 Å². The number of fused-ring (bicyclic) bond motifs is 1. The molecule has 0 aromatic heterocycles. The van der Waals surface area contributed by atoms with Crippen LogP contribution in [-0.4, -0.2) is 32.6 Å². The molecule has 0 fully saturated rings. The smallest absolute Gasteiger partial charge is 0.420 e. The highest BCUT2D eigenvalue weighted by Gasteiger charge is 2.54. The fraction of sp³-hybridized carbons (Fsp3) is 0.0556. The molecule has 0 amide bonds. The Bertz CT molecular complexity index is 1330. The van der Waals surface area contributed by atoms with Gasteiger partial charge in [0.15, 0.2) is 5.75 Å². The van der Waals surface area contributed by atoms with E-state index >= 15 is 0 Å². The van der Waals surface area contributed by atoms with Gasteiger partial charge in [-0.1, -0.05) is 48.5 Å². The van der Waals surface area contributed by atoms with Gasteiger partial charge in [-0.05, 0) is 23.6 Å². The quantitative estimate of drug-likeness (QED) is 0.331. The van der Waals surface area contributed by atoms with Crippen molar-refractivity contribution in [3.63, 3.8) is 0 Å². The molecule has 0 atom stereocenters. The van der Waals surface area contributed by atoms with E-state index in [1.807, 2.05) is 0 Å². The highest BCUT2D eigenvalue weighted by Crippen LogP contribution is 2.31. The second-order valence-corrected chi connectivity index (χ2v) is 9.07. The SMILES string of the molecule is O=C(Oc1ccccc1S(=O)(=O)Nc1cccc2ccccc12)C(F)(F)S(=O)(=O)O. The summed E-state index contributed by atoms with van der Waals surface area (Å²) in [6.07, 6.45) is 0. The van der Waals surface area contributed by atoms with E-state index in [1.54, 1.807) is 36.4 Å². The van der Waals surface area contributed by atoms with E-state index in [1.165, 1.54) is 18.2 Å². The van der Waals surface area contributed by atoms with Crippen LogP contribution in [0.1, 0.15) is 0 Å². The second kappa shape index (κ2) is 7.63. The Balaban J connectivity index is 1.99. The zero-order valence-corrected chi connectivity index (χ0v) is 16.5. The minimum Gasteiger partial charge on any atom is -0.420 e. The van der Waals surface area contributed by atoms with Crippen molar-refractivity contribution in [2.75, 3.05) is 4.72 Å². The summed E-state index contributed by atoms with van der Waals surface area (Å²) in [7, 11) is -10.6. The molecular formula is C18H13F2NO7S2. The van der Waals surface area contributed by atoms with Gasteiger partial charge >= 0.3 is 21.3 Å². The van der Waals surface area contributed by atoms with Crippen molar-refractivity contribution in [1.82, 2.24) is 0 Å². The lowest BCUT2D eigenvalue weighted by atomic mass is 10.1. The fourth-order valence-corrected chi connectivity index (χ4v) is 4.00. The Morgan fingerprint density at radius 3 is 2.20 bits per heavy atom. The van der Waals surface area contributed by atoms with Gasteiger partial charge in [0, 0.05) is 5.39 Å². The van der Waals surface area contributed by atoms with E-state index < -0.39 is 42.0 Å². The average Bonchev–Trinajstić information content (AvgIpc) is 2.67. The molecule has 3 aromatic carbocycles. The van der Waals surface area contributed by atoms with Crippen LogP contribution in [0.15, 0.2) is 71.6 Å². The van der Waals surface area contributed by atoms with Crippen molar-refractivity contribution in [1.29, 1.82) is 0 Å². The number of alkyl halides is 2. The topological polar surface area (TPSA) is 127 Å². The van der Waals surface area contributed by atoms with Crippen LogP contribution in [0, 0.1) is 0 Å². The Hall–Kier alpha value is -3.09. The van der Waals surface area contributed by atoms with E-state index in [9.17, 15) is 30.4 Å². The zero-order valence-electron chi connectivity index (χ0n) is 14.8. The predicted molar refractivity (Wildman–Crippen MR) is 103 cm³/mol. The van der Waals surface area contributed by atoms with Crippen molar-refractivity contribution >= 4 is 42.6 Å². The van der Waals surface area contributed by atoms with E-state index in [2.05, 4.69) is 9.46 Å². The first kappa shape index (κ1) is 21.6. The third-order valence-electron chi connectivity index (χ3n) is 3.94. The maximum Gasteiger partial charge on any atom is 0.466 e. The van der Waals surface area contributed by atoms with Gasteiger partial charge in [0.25, 0.3) is 10.0 Å². The van der Waals surface area contributed by atoms with Gasteiger partial charge in [0.05, 0.1) is 5.69 Å². The first-order valence-electron chi connectivity index (χ1n) is 8.10. The lowest BCUT2D eigenvalue weighted by molar-refractivity contribution is -0.151. The molecule has 8 nitrogen and oxygen atoms in total. The van der Waals surface area contributed by atoms with Gasteiger partial charge < -0.3 is 4.74 Å². The minimum absolute atomic E-state index is 0.178. The second-order valence-electron chi connectivity index (χ2n) is 5.96. The number of carbonyl (C=O) groups excluding carboxylic acids is 1. The Morgan fingerprint density at radius 2 is 1.50 bits per heavy atom. The first-order chi connectivity index (χ1) is 13.9. The van der Waals surface area contributed by atoms with Crippen LogP contribution in [0.4, 0.5) is 14.5 Å². The number of hydrogen-bond donors (Lipinski definition) is 2. The summed E-state index contributed by atoms with van der Waals surface area (Å²) in [4.78, 5) is 10.9. The van der Waals surface area contributed by atoms with Gasteiger partial charge in [0.1, 0.15) is 4.90 Å². The number of rotatable bonds is 6. The Labute approximate surface area is 169 Å². The van der Waals surface area contributed by atoms with Crippen LogP contribution < -0.4 is 9.46 Å². The van der Waals surface area contributed by atoms with Crippen molar-refractivity contribution in [3.05, 3.63) is 66.7 Å². The number of para-hydroxylation sites is 1. The highest BCUT2D eigenvalue weighted by atomic mass is 32.2. The summed E-state index contributed by atoms with van der Waals surface area (Å²) in [6.45, 7) is 0. The number of carbonyl (C=O) groups is 1. The Kier molecular flexibility index (Phi) is 5.50. The third-order valence-corrected chi connectivity index (χ3v) is 6.16. The normalized spacial score (nSPS) is 12.5. The lowest BCUT2D eigenvalue weighted by Gasteiger charge is -2.15. The van der Waals surface area contributed by atoms with E-state index in [0.717, 1.165) is 17.5 Å². The van der Waals surface area contributed by atoms with Crippen LogP contribution in [0.3, 0.4) is 0 Å². The van der Waals surface area contributed by atoms with Crippen molar-refractivity contribution < 1.29 is 39.7 Å². The molecule has 0 bridgehead atoms. The summed E-state index contributed by atoms with van der Waals surface area (Å²) >= 11 is 0. The third kappa shape index (κ3) is 4.10. The van der Waals surface area contributed by atoms with Gasteiger partial charge in [-0.3, -0.25) is 9.27 Å². The van der Waals surface area contributed by atoms with Crippen LogP contribution in [0.5, 0.6) is 5.75 Å². The van der Waals surface area contributed by atoms with Crippen molar-refractivity contribution in [2.45, 2.75) is 10.2 Å². The highest BCUT2D eigenvalue weighted by molar-refractivity contribution is 7.92. The number of sulfonamides is 1. The number of anilines is 1. The number of halogens is 2. The molecule has 0 radical (unpaired) electrons. The van der Waals surface area contributed by atoms with E-state index in [4.69, 9.17) is 4.55 Å². The van der Waals surface area contributed by atoms with Crippen LogP contribution in [0.25, 0.3) is 10.8 Å². The number of esters is 1.